The molecule has 2 aliphatic heterocycles. The molecule has 2 saturated heterocycles. The van der Waals surface area contributed by atoms with Crippen LogP contribution in [-0.2, 0) is 23.8 Å². The first-order chi connectivity index (χ1) is 26.9. The van der Waals surface area contributed by atoms with Crippen molar-refractivity contribution in [1.29, 1.82) is 0 Å². The van der Waals surface area contributed by atoms with E-state index in [1.54, 1.807) is 48.5 Å². The zero-order chi connectivity index (χ0) is 43.6. The zero-order valence-corrected chi connectivity index (χ0v) is 33.4. The number of esters is 1. The maximum atomic E-state index is 15.5. The van der Waals surface area contributed by atoms with Gasteiger partial charge in [-0.15, -0.1) is 0 Å². The number of rotatable bonds is 11. The van der Waals surface area contributed by atoms with Crippen molar-refractivity contribution in [2.24, 2.45) is 0 Å². The number of halogens is 2. The standard InChI is InChI=1S/C19H27FN4O6.C17H23FN4O6/c1-5-29-15(25)11-19(22-17(26)30-18(2,3)4)8-10-23(12-14(19)20)13-7-6-9-21-16(13)24(27)28;1-16(2,3)28-15(25)20-17(9-13(23)24)6-8-21(10-12(17)18)11-5-4-7-19-14(11)22(26)27/h6-7,9,14H,5,8,10-12H2,1-4H3,(H,22,26);4-5,7,12H,6,8-10H2,1-3H3,(H,20,25)(H,23,24). The first-order valence-corrected chi connectivity index (χ1v) is 18.3. The van der Waals surface area contributed by atoms with Crippen LogP contribution >= 0.6 is 0 Å². The van der Waals surface area contributed by atoms with Crippen molar-refractivity contribution in [3.8, 4) is 0 Å². The van der Waals surface area contributed by atoms with Gasteiger partial charge in [0.2, 0.25) is 0 Å². The molecule has 0 spiro atoms. The first kappa shape index (κ1) is 46.4. The van der Waals surface area contributed by atoms with E-state index in [0.29, 0.717) is 0 Å². The Labute approximate surface area is 332 Å². The lowest BCUT2D eigenvalue weighted by molar-refractivity contribution is -0.388. The molecule has 4 atom stereocenters. The number of nitrogens with zero attached hydrogens (tertiary/aromatic N) is 6. The van der Waals surface area contributed by atoms with Crippen molar-refractivity contribution >= 4 is 47.1 Å². The van der Waals surface area contributed by atoms with Gasteiger partial charge in [0.25, 0.3) is 0 Å². The van der Waals surface area contributed by atoms with Gasteiger partial charge >= 0.3 is 35.8 Å². The summed E-state index contributed by atoms with van der Waals surface area (Å²) in [5.74, 6) is -2.74. The fraction of sp³-hybridized carbons (Fsp3) is 0.611. The molecule has 2 aromatic rings. The summed E-state index contributed by atoms with van der Waals surface area (Å²) >= 11 is 0. The zero-order valence-electron chi connectivity index (χ0n) is 33.4. The summed E-state index contributed by atoms with van der Waals surface area (Å²) in [7, 11) is 0. The lowest BCUT2D eigenvalue weighted by Gasteiger charge is -2.44. The molecule has 3 N–H and O–H groups in total. The Kier molecular flexibility index (Phi) is 15.2. The lowest BCUT2D eigenvalue weighted by Crippen LogP contribution is -2.64. The second-order valence-electron chi connectivity index (χ2n) is 15.7. The summed E-state index contributed by atoms with van der Waals surface area (Å²) in [6.07, 6.45) is -3.84. The number of alkyl halides is 2. The van der Waals surface area contributed by atoms with Crippen LogP contribution in [0.4, 0.5) is 41.4 Å². The molecule has 0 aromatic carbocycles. The molecular weight excluding hydrogens is 774 g/mol. The number of aliphatic carboxylic acids is 1. The fourth-order valence-electron chi connectivity index (χ4n) is 6.41. The lowest BCUT2D eigenvalue weighted by atomic mass is 9.82. The largest absolute Gasteiger partial charge is 0.481 e. The van der Waals surface area contributed by atoms with E-state index in [4.69, 9.17) is 14.2 Å². The topological polar surface area (TPSA) is 259 Å². The number of carbonyl (C=O) groups excluding carboxylic acids is 3. The Morgan fingerprint density at radius 2 is 1.21 bits per heavy atom. The number of aromatic nitrogens is 2. The Balaban J connectivity index is 0.000000311. The minimum atomic E-state index is -1.80. The maximum Gasteiger partial charge on any atom is 0.408 e. The first-order valence-electron chi connectivity index (χ1n) is 18.3. The van der Waals surface area contributed by atoms with Gasteiger partial charge in [0, 0.05) is 13.1 Å². The predicted molar refractivity (Wildman–Crippen MR) is 203 cm³/mol. The molecule has 4 heterocycles. The molecule has 2 fully saturated rings. The van der Waals surface area contributed by atoms with Gasteiger partial charge in [-0.2, -0.15) is 0 Å². The molecule has 0 radical (unpaired) electrons. The van der Waals surface area contributed by atoms with Gasteiger partial charge in [-0.25, -0.2) is 18.4 Å². The van der Waals surface area contributed by atoms with Gasteiger partial charge in [-0.05, 0) is 105 Å². The van der Waals surface area contributed by atoms with Crippen molar-refractivity contribution in [3.05, 3.63) is 56.9 Å². The van der Waals surface area contributed by atoms with Gasteiger partial charge in [-0.1, -0.05) is 0 Å². The van der Waals surface area contributed by atoms with Crippen molar-refractivity contribution in [3.63, 3.8) is 0 Å². The fourth-order valence-corrected chi connectivity index (χ4v) is 6.41. The van der Waals surface area contributed by atoms with E-state index in [-0.39, 0.29) is 69.2 Å². The van der Waals surface area contributed by atoms with Crippen LogP contribution in [0, 0.1) is 20.2 Å². The number of nitro groups is 2. The highest BCUT2D eigenvalue weighted by Crippen LogP contribution is 2.36. The number of alkyl carbamates (subject to hydrolysis) is 2. The van der Waals surface area contributed by atoms with Crippen LogP contribution in [0.5, 0.6) is 0 Å². The second-order valence-corrected chi connectivity index (χ2v) is 15.7. The summed E-state index contributed by atoms with van der Waals surface area (Å²) in [6.45, 7) is 11.3. The van der Waals surface area contributed by atoms with Crippen LogP contribution in [0.25, 0.3) is 0 Å². The van der Waals surface area contributed by atoms with E-state index in [2.05, 4.69) is 20.6 Å². The van der Waals surface area contributed by atoms with Crippen molar-refractivity contribution < 1.29 is 57.1 Å². The summed E-state index contributed by atoms with van der Waals surface area (Å²) in [5, 5.41) is 36.6. The molecule has 2 aromatic heterocycles. The summed E-state index contributed by atoms with van der Waals surface area (Å²) in [5.41, 5.74) is -4.57. The number of carboxylic acid groups (broad SMARTS) is 1. The Morgan fingerprint density at radius 1 is 0.810 bits per heavy atom. The van der Waals surface area contributed by atoms with E-state index in [0.717, 1.165) is 0 Å². The van der Waals surface area contributed by atoms with Crippen molar-refractivity contribution in [2.75, 3.05) is 42.6 Å². The SMILES string of the molecule is CC(C)(C)OC(=O)NC1(CC(=O)O)CCN(c2cccnc2[N+](=O)[O-])CC1F.CCOC(=O)CC1(NC(=O)OC(C)(C)C)CCN(c2cccnc2[N+](=O)[O-])CC1F. The Hall–Kier alpha value is -5.96. The molecule has 0 bridgehead atoms. The number of hydrogen-bond acceptors (Lipinski definition) is 15. The Morgan fingerprint density at radius 3 is 1.53 bits per heavy atom. The Bertz CT molecular complexity index is 1830. The van der Waals surface area contributed by atoms with E-state index in [1.165, 1.54) is 46.5 Å². The number of amides is 2. The number of carboxylic acids is 1. The van der Waals surface area contributed by atoms with Crippen LogP contribution in [0.1, 0.15) is 74.1 Å². The third kappa shape index (κ3) is 12.8. The molecule has 4 unspecified atom stereocenters. The van der Waals surface area contributed by atoms with Crippen molar-refractivity contribution in [2.45, 2.75) is 109 Å². The molecule has 2 aliphatic rings. The third-order valence-corrected chi connectivity index (χ3v) is 8.91. The average Bonchev–Trinajstić information content (AvgIpc) is 3.09. The highest BCUT2D eigenvalue weighted by Gasteiger charge is 2.49. The monoisotopic (exact) mass is 824 g/mol. The maximum absolute atomic E-state index is 15.5. The van der Waals surface area contributed by atoms with E-state index >= 15 is 8.78 Å². The van der Waals surface area contributed by atoms with Gasteiger partial charge in [-0.3, -0.25) is 9.59 Å². The number of hydrogen-bond donors (Lipinski definition) is 3. The van der Waals surface area contributed by atoms with E-state index in [9.17, 15) is 44.5 Å². The number of nitrogens with one attached hydrogen (secondary N) is 2. The summed E-state index contributed by atoms with van der Waals surface area (Å²) in [6, 6.07) is 5.95. The van der Waals surface area contributed by atoms with Gasteiger partial charge in [0.15, 0.2) is 0 Å². The highest BCUT2D eigenvalue weighted by molar-refractivity contribution is 5.75. The summed E-state index contributed by atoms with van der Waals surface area (Å²) in [4.78, 5) is 79.4. The predicted octanol–water partition coefficient (Wildman–Crippen LogP) is 5.03. The van der Waals surface area contributed by atoms with Crippen LogP contribution in [0.3, 0.4) is 0 Å². The number of carbonyl (C=O) groups is 4. The smallest absolute Gasteiger partial charge is 0.408 e. The quantitative estimate of drug-likeness (QED) is 0.116. The van der Waals surface area contributed by atoms with Gasteiger partial charge in [0.1, 0.15) is 47.3 Å². The number of pyridine rings is 2. The number of piperidine rings is 2. The molecule has 0 saturated carbocycles. The normalized spacial score (nSPS) is 22.0. The van der Waals surface area contributed by atoms with Crippen LogP contribution < -0.4 is 20.4 Å². The summed E-state index contributed by atoms with van der Waals surface area (Å²) < 4.78 is 45.9. The van der Waals surface area contributed by atoms with E-state index < -0.39 is 80.8 Å². The third-order valence-electron chi connectivity index (χ3n) is 8.91. The minimum absolute atomic E-state index is 0.0122. The average molecular weight is 825 g/mol. The van der Waals surface area contributed by atoms with Crippen molar-refractivity contribution in [1.82, 2.24) is 20.6 Å². The molecule has 2 amide bonds. The van der Waals surface area contributed by atoms with Crippen LogP contribution in [-0.4, -0.2) is 116 Å². The minimum Gasteiger partial charge on any atom is -0.481 e. The second kappa shape index (κ2) is 19.0. The molecule has 320 valence electrons. The van der Waals surface area contributed by atoms with Crippen LogP contribution in [0.2, 0.25) is 0 Å². The number of ether oxygens (including phenoxy) is 3. The van der Waals surface area contributed by atoms with Gasteiger partial charge < -0.3 is 60.0 Å². The van der Waals surface area contributed by atoms with E-state index in [1.807, 2.05) is 0 Å². The number of anilines is 2. The molecule has 0 aliphatic carbocycles. The molecule has 58 heavy (non-hydrogen) atoms. The molecule has 22 heteroatoms. The molecular formula is C36H50F2N8O12. The highest BCUT2D eigenvalue weighted by atomic mass is 19.1. The molecule has 4 rings (SSSR count). The molecule has 20 nitrogen and oxygen atoms in total. The van der Waals surface area contributed by atoms with Crippen LogP contribution in [0.15, 0.2) is 36.7 Å². The van der Waals surface area contributed by atoms with Gasteiger partial charge in [0.05, 0.1) is 43.6 Å².